The van der Waals surface area contributed by atoms with Crippen molar-refractivity contribution < 1.29 is 8.42 Å². The Morgan fingerprint density at radius 2 is 1.81 bits per heavy atom. The fourth-order valence-corrected chi connectivity index (χ4v) is 4.36. The van der Waals surface area contributed by atoms with Gasteiger partial charge < -0.3 is 0 Å². The summed E-state index contributed by atoms with van der Waals surface area (Å²) in [5, 5.41) is -0.182. The van der Waals surface area contributed by atoms with Gasteiger partial charge in [-0.1, -0.05) is 19.3 Å². The lowest BCUT2D eigenvalue weighted by Crippen LogP contribution is -2.41. The maximum Gasteiger partial charge on any atom is 0.214 e. The molecule has 1 N–H and O–H groups in total. The Kier molecular flexibility index (Phi) is 5.54. The summed E-state index contributed by atoms with van der Waals surface area (Å²) in [6.45, 7) is 3.76. The average Bonchev–Trinajstić information content (AvgIpc) is 2.16. The number of sulfonamides is 1. The SMILES string of the molecule is CC(Cl)CC(C)NS(=O)(=O)C1CCCCC1. The zero-order valence-electron chi connectivity index (χ0n) is 10.1. The third-order valence-electron chi connectivity index (χ3n) is 3.03. The smallest absolute Gasteiger partial charge is 0.212 e. The number of rotatable bonds is 5. The van der Waals surface area contributed by atoms with Crippen LogP contribution in [0.4, 0.5) is 0 Å². The molecule has 0 aromatic rings. The molecule has 0 aromatic heterocycles. The van der Waals surface area contributed by atoms with E-state index in [1.54, 1.807) is 0 Å². The zero-order chi connectivity index (χ0) is 12.2. The van der Waals surface area contributed by atoms with Crippen molar-refractivity contribution in [1.82, 2.24) is 4.72 Å². The van der Waals surface area contributed by atoms with Gasteiger partial charge in [-0.3, -0.25) is 0 Å². The Balaban J connectivity index is 2.49. The van der Waals surface area contributed by atoms with Gasteiger partial charge in [-0.2, -0.15) is 0 Å². The van der Waals surface area contributed by atoms with E-state index in [1.807, 2.05) is 13.8 Å². The van der Waals surface area contributed by atoms with Crippen molar-refractivity contribution in [2.45, 2.75) is 69.0 Å². The molecule has 0 spiro atoms. The highest BCUT2D eigenvalue weighted by Crippen LogP contribution is 2.23. The lowest BCUT2D eigenvalue weighted by Gasteiger charge is -2.24. The summed E-state index contributed by atoms with van der Waals surface area (Å²) in [6, 6.07) is -0.0700. The van der Waals surface area contributed by atoms with Crippen molar-refractivity contribution in [2.75, 3.05) is 0 Å². The molecule has 1 aliphatic carbocycles. The van der Waals surface area contributed by atoms with Gasteiger partial charge in [0.15, 0.2) is 0 Å². The molecule has 5 heteroatoms. The van der Waals surface area contributed by atoms with Crippen LogP contribution in [0.25, 0.3) is 0 Å². The van der Waals surface area contributed by atoms with Gasteiger partial charge >= 0.3 is 0 Å². The molecule has 0 amide bonds. The predicted octanol–water partition coefficient (Wildman–Crippen LogP) is 2.64. The van der Waals surface area contributed by atoms with Crippen molar-refractivity contribution in [1.29, 1.82) is 0 Å². The van der Waals surface area contributed by atoms with Crippen LogP contribution in [0, 0.1) is 0 Å². The van der Waals surface area contributed by atoms with Crippen LogP contribution in [0.3, 0.4) is 0 Å². The third-order valence-corrected chi connectivity index (χ3v) is 5.29. The average molecular weight is 268 g/mol. The van der Waals surface area contributed by atoms with Crippen LogP contribution >= 0.6 is 11.6 Å². The van der Waals surface area contributed by atoms with Crippen molar-refractivity contribution in [3.63, 3.8) is 0 Å². The lowest BCUT2D eigenvalue weighted by atomic mass is 10.0. The van der Waals surface area contributed by atoms with Gasteiger partial charge in [0.2, 0.25) is 10.0 Å². The van der Waals surface area contributed by atoms with Crippen molar-refractivity contribution in [2.24, 2.45) is 0 Å². The molecular formula is C11H22ClNO2S. The summed E-state index contributed by atoms with van der Waals surface area (Å²) in [6.07, 6.45) is 5.52. The predicted molar refractivity (Wildman–Crippen MR) is 68.3 cm³/mol. The van der Waals surface area contributed by atoms with Crippen molar-refractivity contribution >= 4 is 21.6 Å². The van der Waals surface area contributed by atoms with E-state index < -0.39 is 10.0 Å². The normalized spacial score (nSPS) is 22.9. The minimum absolute atomic E-state index is 0.00376. The Hall–Kier alpha value is 0.200. The molecule has 1 fully saturated rings. The summed E-state index contributed by atoms with van der Waals surface area (Å²) in [7, 11) is -3.14. The second kappa shape index (κ2) is 6.22. The van der Waals surface area contributed by atoms with Gasteiger partial charge in [-0.05, 0) is 33.1 Å². The van der Waals surface area contributed by atoms with Crippen molar-refractivity contribution in [3.05, 3.63) is 0 Å². The molecule has 0 bridgehead atoms. The van der Waals surface area contributed by atoms with E-state index in [9.17, 15) is 8.42 Å². The summed E-state index contributed by atoms with van der Waals surface area (Å²) in [4.78, 5) is 0. The molecule has 0 aromatic carbocycles. The van der Waals surface area contributed by atoms with Crippen LogP contribution in [0.15, 0.2) is 0 Å². The van der Waals surface area contributed by atoms with E-state index in [0.717, 1.165) is 25.7 Å². The number of nitrogens with one attached hydrogen (secondary N) is 1. The molecule has 1 saturated carbocycles. The third kappa shape index (κ3) is 4.60. The monoisotopic (exact) mass is 267 g/mol. The summed E-state index contributed by atoms with van der Waals surface area (Å²) in [5.74, 6) is 0. The molecular weight excluding hydrogens is 246 g/mol. The largest absolute Gasteiger partial charge is 0.214 e. The lowest BCUT2D eigenvalue weighted by molar-refractivity contribution is 0.469. The van der Waals surface area contributed by atoms with Crippen LogP contribution in [-0.2, 0) is 10.0 Å². The molecule has 96 valence electrons. The van der Waals surface area contributed by atoms with Gasteiger partial charge in [0, 0.05) is 11.4 Å². The van der Waals surface area contributed by atoms with E-state index in [-0.39, 0.29) is 16.7 Å². The van der Waals surface area contributed by atoms with E-state index >= 15 is 0 Å². The van der Waals surface area contributed by atoms with E-state index in [0.29, 0.717) is 6.42 Å². The first-order valence-electron chi connectivity index (χ1n) is 6.07. The van der Waals surface area contributed by atoms with Gasteiger partial charge in [0.1, 0.15) is 0 Å². The van der Waals surface area contributed by atoms with Gasteiger partial charge in [-0.15, -0.1) is 11.6 Å². The molecule has 0 aliphatic heterocycles. The standard InChI is InChI=1S/C11H22ClNO2S/c1-9(12)8-10(2)13-16(14,15)11-6-4-3-5-7-11/h9-11,13H,3-8H2,1-2H3. The van der Waals surface area contributed by atoms with Crippen LogP contribution in [0.1, 0.15) is 52.4 Å². The molecule has 1 rings (SSSR count). The Labute approximate surface area is 104 Å². The summed E-state index contributed by atoms with van der Waals surface area (Å²) in [5.41, 5.74) is 0. The van der Waals surface area contributed by atoms with Crippen LogP contribution in [-0.4, -0.2) is 25.1 Å². The first-order valence-corrected chi connectivity index (χ1v) is 8.05. The summed E-state index contributed by atoms with van der Waals surface area (Å²) >= 11 is 5.85. The van der Waals surface area contributed by atoms with E-state index in [4.69, 9.17) is 11.6 Å². The van der Waals surface area contributed by atoms with Crippen LogP contribution < -0.4 is 4.72 Å². The van der Waals surface area contributed by atoms with Crippen molar-refractivity contribution in [3.8, 4) is 0 Å². The Morgan fingerprint density at radius 1 is 1.25 bits per heavy atom. The van der Waals surface area contributed by atoms with Crippen LogP contribution in [0.2, 0.25) is 0 Å². The number of hydrogen-bond acceptors (Lipinski definition) is 2. The second-order valence-corrected chi connectivity index (χ2v) is 7.58. The second-order valence-electron chi connectivity index (χ2n) is 4.84. The van der Waals surface area contributed by atoms with Gasteiger partial charge in [-0.25, -0.2) is 13.1 Å². The highest BCUT2D eigenvalue weighted by molar-refractivity contribution is 7.90. The first-order chi connectivity index (χ1) is 7.42. The molecule has 16 heavy (non-hydrogen) atoms. The molecule has 0 saturated heterocycles. The van der Waals surface area contributed by atoms with E-state index in [1.165, 1.54) is 6.42 Å². The maximum atomic E-state index is 12.0. The van der Waals surface area contributed by atoms with Crippen LogP contribution in [0.5, 0.6) is 0 Å². The highest BCUT2D eigenvalue weighted by Gasteiger charge is 2.28. The molecule has 0 heterocycles. The maximum absolute atomic E-state index is 12.0. The Morgan fingerprint density at radius 3 is 2.31 bits per heavy atom. The summed E-state index contributed by atoms with van der Waals surface area (Å²) < 4.78 is 26.8. The zero-order valence-corrected chi connectivity index (χ0v) is 11.6. The topological polar surface area (TPSA) is 46.2 Å². The highest BCUT2D eigenvalue weighted by atomic mass is 35.5. The number of hydrogen-bond donors (Lipinski definition) is 1. The molecule has 2 unspecified atom stereocenters. The molecule has 3 nitrogen and oxygen atoms in total. The first kappa shape index (κ1) is 14.3. The minimum atomic E-state index is -3.14. The van der Waals surface area contributed by atoms with Gasteiger partial charge in [0.05, 0.1) is 5.25 Å². The molecule has 2 atom stereocenters. The fraction of sp³-hybridized carbons (Fsp3) is 1.00. The fourth-order valence-electron chi connectivity index (χ4n) is 2.29. The number of halogens is 1. The number of alkyl halides is 1. The van der Waals surface area contributed by atoms with Gasteiger partial charge in [0.25, 0.3) is 0 Å². The minimum Gasteiger partial charge on any atom is -0.212 e. The van der Waals surface area contributed by atoms with E-state index in [2.05, 4.69) is 4.72 Å². The molecule has 1 aliphatic rings. The quantitative estimate of drug-likeness (QED) is 0.779. The molecule has 0 radical (unpaired) electrons. The Bertz CT molecular complexity index is 297.